The van der Waals surface area contributed by atoms with Crippen molar-refractivity contribution < 1.29 is 13.2 Å². The molecule has 1 heterocycles. The number of aromatic nitrogens is 1. The van der Waals surface area contributed by atoms with Gasteiger partial charge in [0.25, 0.3) is 0 Å². The van der Waals surface area contributed by atoms with Gasteiger partial charge < -0.3 is 4.74 Å². The van der Waals surface area contributed by atoms with Gasteiger partial charge in [0.2, 0.25) is 10.0 Å². The molecule has 0 atom stereocenters. The molecule has 0 saturated heterocycles. The molecule has 0 unspecified atom stereocenters. The fraction of sp³-hybridized carbons (Fsp3) is 0.500. The van der Waals surface area contributed by atoms with Crippen LogP contribution in [0.5, 0.6) is 5.75 Å². The molecule has 1 saturated carbocycles. The van der Waals surface area contributed by atoms with Gasteiger partial charge in [-0.15, -0.1) is 0 Å². The van der Waals surface area contributed by atoms with Crippen LogP contribution >= 0.6 is 0 Å². The molecule has 1 aromatic heterocycles. The summed E-state index contributed by atoms with van der Waals surface area (Å²) < 4.78 is 30.3. The van der Waals surface area contributed by atoms with Gasteiger partial charge in [-0.2, -0.15) is 0 Å². The summed E-state index contributed by atoms with van der Waals surface area (Å²) in [6, 6.07) is 0. The summed E-state index contributed by atoms with van der Waals surface area (Å²) in [7, 11) is -3.27. The van der Waals surface area contributed by atoms with Gasteiger partial charge in [0.15, 0.2) is 0 Å². The Hall–Kier alpha value is -1.30. The number of rotatable bonds is 4. The lowest BCUT2D eigenvalue weighted by Gasteiger charge is -2.11. The number of hydrogen-bond acceptors (Lipinski definition) is 4. The maximum atomic E-state index is 11.1. The van der Waals surface area contributed by atoms with Gasteiger partial charge in [0, 0.05) is 5.56 Å². The fourth-order valence-electron chi connectivity index (χ4n) is 1.29. The Kier molecular flexibility index (Phi) is 2.75. The SMILES string of the molecule is Cc1c(NS(C)(=O)=O)cncc1OC1CC1. The van der Waals surface area contributed by atoms with Crippen molar-refractivity contribution in [2.75, 3.05) is 11.0 Å². The predicted octanol–water partition coefficient (Wildman–Crippen LogP) is 1.30. The fourth-order valence-corrected chi connectivity index (χ4v) is 1.90. The van der Waals surface area contributed by atoms with E-state index in [2.05, 4.69) is 9.71 Å². The van der Waals surface area contributed by atoms with Crippen LogP contribution in [0.3, 0.4) is 0 Å². The Bertz CT molecular complexity index is 495. The molecule has 0 spiro atoms. The molecule has 88 valence electrons. The van der Waals surface area contributed by atoms with E-state index in [9.17, 15) is 8.42 Å². The highest BCUT2D eigenvalue weighted by molar-refractivity contribution is 7.92. The van der Waals surface area contributed by atoms with Crippen LogP contribution in [-0.4, -0.2) is 25.8 Å². The molecule has 1 fully saturated rings. The molecule has 0 aliphatic heterocycles. The van der Waals surface area contributed by atoms with Crippen LogP contribution < -0.4 is 9.46 Å². The molecule has 1 aliphatic carbocycles. The van der Waals surface area contributed by atoms with Crippen molar-refractivity contribution >= 4 is 15.7 Å². The van der Waals surface area contributed by atoms with E-state index in [4.69, 9.17) is 4.74 Å². The van der Waals surface area contributed by atoms with Gasteiger partial charge in [-0.1, -0.05) is 0 Å². The molecule has 1 N–H and O–H groups in total. The van der Waals surface area contributed by atoms with E-state index in [1.165, 1.54) is 6.20 Å². The zero-order valence-electron chi connectivity index (χ0n) is 9.23. The first kappa shape index (κ1) is 11.2. The summed E-state index contributed by atoms with van der Waals surface area (Å²) in [6.45, 7) is 1.81. The van der Waals surface area contributed by atoms with E-state index < -0.39 is 10.0 Å². The van der Waals surface area contributed by atoms with Crippen LogP contribution in [0.4, 0.5) is 5.69 Å². The molecular formula is C10H14N2O3S. The summed E-state index contributed by atoms with van der Waals surface area (Å²) in [4.78, 5) is 3.96. The molecule has 5 nitrogen and oxygen atoms in total. The number of pyridine rings is 1. The average molecular weight is 242 g/mol. The predicted molar refractivity (Wildman–Crippen MR) is 61.1 cm³/mol. The molecule has 6 heteroatoms. The van der Waals surface area contributed by atoms with Gasteiger partial charge >= 0.3 is 0 Å². The smallest absolute Gasteiger partial charge is 0.229 e. The van der Waals surface area contributed by atoms with Crippen molar-refractivity contribution in [1.29, 1.82) is 0 Å². The van der Waals surface area contributed by atoms with Crippen LogP contribution in [0, 0.1) is 6.92 Å². The second kappa shape index (κ2) is 3.93. The molecule has 0 radical (unpaired) electrons. The standard InChI is InChI=1S/C10H14N2O3S/c1-7-9(12-16(2,13)14)5-11-6-10(7)15-8-3-4-8/h5-6,8,12H,3-4H2,1-2H3. The van der Waals surface area contributed by atoms with Gasteiger partial charge in [-0.05, 0) is 19.8 Å². The average Bonchev–Trinajstić information content (AvgIpc) is 2.93. The molecule has 16 heavy (non-hydrogen) atoms. The Morgan fingerprint density at radius 3 is 2.69 bits per heavy atom. The van der Waals surface area contributed by atoms with Crippen molar-refractivity contribution in [3.8, 4) is 5.75 Å². The van der Waals surface area contributed by atoms with E-state index in [-0.39, 0.29) is 6.10 Å². The monoisotopic (exact) mass is 242 g/mol. The molecule has 0 bridgehead atoms. The summed E-state index contributed by atoms with van der Waals surface area (Å²) in [6.07, 6.45) is 6.60. The zero-order valence-corrected chi connectivity index (χ0v) is 10.0. The molecule has 0 aromatic carbocycles. The summed E-state index contributed by atoms with van der Waals surface area (Å²) in [5.74, 6) is 0.649. The van der Waals surface area contributed by atoms with E-state index in [0.29, 0.717) is 11.4 Å². The van der Waals surface area contributed by atoms with Crippen LogP contribution in [0.25, 0.3) is 0 Å². The minimum absolute atomic E-state index is 0.272. The quantitative estimate of drug-likeness (QED) is 0.864. The number of ether oxygens (including phenoxy) is 1. The second-order valence-electron chi connectivity index (χ2n) is 4.00. The Morgan fingerprint density at radius 2 is 2.12 bits per heavy atom. The first-order valence-corrected chi connectivity index (χ1v) is 6.94. The van der Waals surface area contributed by atoms with E-state index in [1.54, 1.807) is 6.20 Å². The maximum Gasteiger partial charge on any atom is 0.229 e. The minimum atomic E-state index is -3.27. The highest BCUT2D eigenvalue weighted by Gasteiger charge is 2.24. The first-order chi connectivity index (χ1) is 7.46. The number of anilines is 1. The number of hydrogen-bond donors (Lipinski definition) is 1. The molecule has 1 aromatic rings. The first-order valence-electron chi connectivity index (χ1n) is 5.05. The number of sulfonamides is 1. The number of nitrogens with zero attached hydrogens (tertiary/aromatic N) is 1. The lowest BCUT2D eigenvalue weighted by molar-refractivity contribution is 0.300. The van der Waals surface area contributed by atoms with E-state index in [0.717, 1.165) is 24.7 Å². The molecule has 0 amide bonds. The maximum absolute atomic E-state index is 11.1. The third-order valence-electron chi connectivity index (χ3n) is 2.28. The van der Waals surface area contributed by atoms with Gasteiger partial charge in [0.05, 0.1) is 30.4 Å². The lowest BCUT2D eigenvalue weighted by atomic mass is 10.2. The van der Waals surface area contributed by atoms with Crippen LogP contribution in [0.1, 0.15) is 18.4 Å². The van der Waals surface area contributed by atoms with E-state index in [1.807, 2.05) is 6.92 Å². The van der Waals surface area contributed by atoms with Crippen molar-refractivity contribution in [1.82, 2.24) is 4.98 Å². The summed E-state index contributed by atoms with van der Waals surface area (Å²) in [5.41, 5.74) is 1.24. The van der Waals surface area contributed by atoms with Gasteiger partial charge in [0.1, 0.15) is 5.75 Å². The van der Waals surface area contributed by atoms with Crippen molar-refractivity contribution in [3.63, 3.8) is 0 Å². The molecule has 2 rings (SSSR count). The van der Waals surface area contributed by atoms with Gasteiger partial charge in [-0.25, -0.2) is 8.42 Å². The largest absolute Gasteiger partial charge is 0.488 e. The van der Waals surface area contributed by atoms with Crippen LogP contribution in [0.2, 0.25) is 0 Å². The highest BCUT2D eigenvalue weighted by Crippen LogP contribution is 2.31. The number of nitrogens with one attached hydrogen (secondary N) is 1. The second-order valence-corrected chi connectivity index (χ2v) is 5.75. The van der Waals surface area contributed by atoms with Crippen molar-refractivity contribution in [3.05, 3.63) is 18.0 Å². The minimum Gasteiger partial charge on any atom is -0.488 e. The Balaban J connectivity index is 2.24. The summed E-state index contributed by atoms with van der Waals surface area (Å²) >= 11 is 0. The third-order valence-corrected chi connectivity index (χ3v) is 2.87. The van der Waals surface area contributed by atoms with Gasteiger partial charge in [-0.3, -0.25) is 9.71 Å². The zero-order chi connectivity index (χ0) is 11.8. The third kappa shape index (κ3) is 2.85. The Morgan fingerprint density at radius 1 is 1.44 bits per heavy atom. The molecule has 1 aliphatic rings. The Labute approximate surface area is 94.9 Å². The topological polar surface area (TPSA) is 68.3 Å². The highest BCUT2D eigenvalue weighted by atomic mass is 32.2. The van der Waals surface area contributed by atoms with Crippen molar-refractivity contribution in [2.45, 2.75) is 25.9 Å². The van der Waals surface area contributed by atoms with Crippen LogP contribution in [0.15, 0.2) is 12.4 Å². The molecular weight excluding hydrogens is 228 g/mol. The summed E-state index contributed by atoms with van der Waals surface area (Å²) in [5, 5.41) is 0. The van der Waals surface area contributed by atoms with Crippen molar-refractivity contribution in [2.24, 2.45) is 0 Å². The van der Waals surface area contributed by atoms with Crippen LogP contribution in [-0.2, 0) is 10.0 Å². The van der Waals surface area contributed by atoms with E-state index >= 15 is 0 Å². The normalized spacial score (nSPS) is 15.9. The lowest BCUT2D eigenvalue weighted by Crippen LogP contribution is -2.11.